The van der Waals surface area contributed by atoms with Gasteiger partial charge < -0.3 is 14.0 Å². The van der Waals surface area contributed by atoms with Crippen molar-refractivity contribution in [3.63, 3.8) is 0 Å². The zero-order valence-electron chi connectivity index (χ0n) is 11.6. The van der Waals surface area contributed by atoms with E-state index < -0.39 is 0 Å². The highest BCUT2D eigenvalue weighted by Crippen LogP contribution is 2.22. The smallest absolute Gasteiger partial charge is 0.106 e. The Labute approximate surface area is 109 Å². The maximum absolute atomic E-state index is 5.50. The third-order valence-corrected chi connectivity index (χ3v) is 3.53. The van der Waals surface area contributed by atoms with Crippen LogP contribution in [0.3, 0.4) is 0 Å². The van der Waals surface area contributed by atoms with Crippen LogP contribution < -0.4 is 0 Å². The fourth-order valence-corrected chi connectivity index (χ4v) is 2.60. The number of rotatable bonds is 7. The molecule has 1 heterocycles. The highest BCUT2D eigenvalue weighted by molar-refractivity contribution is 5.19. The summed E-state index contributed by atoms with van der Waals surface area (Å²) >= 11 is 0. The van der Waals surface area contributed by atoms with Gasteiger partial charge in [0.15, 0.2) is 0 Å². The van der Waals surface area contributed by atoms with E-state index in [4.69, 9.17) is 9.47 Å². The van der Waals surface area contributed by atoms with Crippen molar-refractivity contribution in [3.8, 4) is 0 Å². The Bertz CT molecular complexity index is 374. The first-order valence-corrected chi connectivity index (χ1v) is 6.94. The minimum Gasteiger partial charge on any atom is -0.382 e. The third kappa shape index (κ3) is 3.33. The number of imidazole rings is 1. The second-order valence-corrected chi connectivity index (χ2v) is 4.87. The molecule has 0 fully saturated rings. The molecule has 0 amide bonds. The molecule has 4 nitrogen and oxygen atoms in total. The largest absolute Gasteiger partial charge is 0.382 e. The second kappa shape index (κ2) is 6.90. The van der Waals surface area contributed by atoms with Crippen molar-refractivity contribution in [3.05, 3.63) is 17.2 Å². The van der Waals surface area contributed by atoms with E-state index in [2.05, 4.69) is 16.5 Å². The quantitative estimate of drug-likeness (QED) is 0.697. The molecule has 1 aromatic heterocycles. The van der Waals surface area contributed by atoms with Gasteiger partial charge in [0, 0.05) is 26.0 Å². The van der Waals surface area contributed by atoms with Crippen LogP contribution in [0.5, 0.6) is 0 Å². The van der Waals surface area contributed by atoms with Crippen molar-refractivity contribution in [1.82, 2.24) is 9.55 Å². The molecular formula is C14H24N2O2. The molecule has 0 saturated carbocycles. The summed E-state index contributed by atoms with van der Waals surface area (Å²) < 4.78 is 12.8. The lowest BCUT2D eigenvalue weighted by molar-refractivity contribution is 0.0679. The molecule has 0 unspecified atom stereocenters. The molecule has 0 aliphatic heterocycles. The maximum Gasteiger partial charge on any atom is 0.106 e. The average Bonchev–Trinajstić information content (AvgIpc) is 2.70. The Morgan fingerprint density at radius 2 is 2.00 bits per heavy atom. The normalized spacial score (nSPS) is 14.8. The van der Waals surface area contributed by atoms with Gasteiger partial charge in [-0.15, -0.1) is 0 Å². The van der Waals surface area contributed by atoms with Gasteiger partial charge in [-0.05, 0) is 39.0 Å². The number of hydrogen-bond donors (Lipinski definition) is 0. The number of fused-ring (bicyclic) bond motifs is 1. The molecule has 4 heteroatoms. The van der Waals surface area contributed by atoms with Crippen LogP contribution >= 0.6 is 0 Å². The molecule has 2 rings (SSSR count). The van der Waals surface area contributed by atoms with Gasteiger partial charge in [0.25, 0.3) is 0 Å². The Balaban J connectivity index is 1.80. The average molecular weight is 252 g/mol. The predicted octanol–water partition coefficient (Wildman–Crippen LogP) is 2.12. The number of ether oxygens (including phenoxy) is 2. The number of aromatic nitrogens is 2. The lowest BCUT2D eigenvalue weighted by Crippen LogP contribution is -2.11. The van der Waals surface area contributed by atoms with Crippen LogP contribution in [-0.2, 0) is 28.9 Å². The van der Waals surface area contributed by atoms with Gasteiger partial charge in [0.05, 0.1) is 18.9 Å². The van der Waals surface area contributed by atoms with Gasteiger partial charge in [-0.1, -0.05) is 0 Å². The number of hydrogen-bond acceptors (Lipinski definition) is 3. The molecule has 1 aromatic rings. The van der Waals surface area contributed by atoms with Crippen LogP contribution in [-0.4, -0.2) is 36.5 Å². The summed E-state index contributed by atoms with van der Waals surface area (Å²) in [6.07, 6.45) is 6.01. The third-order valence-electron chi connectivity index (χ3n) is 3.53. The summed E-state index contributed by atoms with van der Waals surface area (Å²) in [6.45, 7) is 5.32. The minimum atomic E-state index is 0.680. The van der Waals surface area contributed by atoms with E-state index in [1.54, 1.807) is 7.11 Å². The van der Waals surface area contributed by atoms with E-state index in [1.165, 1.54) is 36.5 Å². The summed E-state index contributed by atoms with van der Waals surface area (Å²) in [5, 5.41) is 0. The van der Waals surface area contributed by atoms with E-state index in [9.17, 15) is 0 Å². The molecule has 0 N–H and O–H groups in total. The Kier molecular flexibility index (Phi) is 5.20. The van der Waals surface area contributed by atoms with Gasteiger partial charge in [-0.25, -0.2) is 4.98 Å². The predicted molar refractivity (Wildman–Crippen MR) is 70.9 cm³/mol. The van der Waals surface area contributed by atoms with Crippen LogP contribution in [0.4, 0.5) is 0 Å². The first kappa shape index (κ1) is 13.6. The van der Waals surface area contributed by atoms with E-state index in [1.807, 2.05) is 0 Å². The van der Waals surface area contributed by atoms with Crippen LogP contribution in [0.15, 0.2) is 0 Å². The van der Waals surface area contributed by atoms with Crippen molar-refractivity contribution >= 4 is 0 Å². The molecular weight excluding hydrogens is 228 g/mol. The van der Waals surface area contributed by atoms with Gasteiger partial charge in [0.1, 0.15) is 5.82 Å². The van der Waals surface area contributed by atoms with E-state index in [-0.39, 0.29) is 0 Å². The van der Waals surface area contributed by atoms with Crippen molar-refractivity contribution in [1.29, 1.82) is 0 Å². The van der Waals surface area contributed by atoms with Crippen molar-refractivity contribution in [2.45, 2.75) is 45.6 Å². The lowest BCUT2D eigenvalue weighted by Gasteiger charge is -2.14. The van der Waals surface area contributed by atoms with Crippen molar-refractivity contribution in [2.24, 2.45) is 0 Å². The summed E-state index contributed by atoms with van der Waals surface area (Å²) in [5.74, 6) is 1.17. The number of nitrogens with zero attached hydrogens (tertiary/aromatic N) is 2. The first-order valence-electron chi connectivity index (χ1n) is 6.94. The molecule has 0 aromatic carbocycles. The molecule has 0 spiro atoms. The summed E-state index contributed by atoms with van der Waals surface area (Å²) in [4.78, 5) is 4.68. The lowest BCUT2D eigenvalue weighted by atomic mass is 10.0. The molecule has 102 valence electrons. The van der Waals surface area contributed by atoms with Gasteiger partial charge in [-0.2, -0.15) is 0 Å². The highest BCUT2D eigenvalue weighted by atomic mass is 16.5. The topological polar surface area (TPSA) is 36.3 Å². The molecule has 18 heavy (non-hydrogen) atoms. The summed E-state index contributed by atoms with van der Waals surface area (Å²) in [6, 6.07) is 0. The Hall–Kier alpha value is -0.870. The van der Waals surface area contributed by atoms with E-state index in [0.717, 1.165) is 26.0 Å². The fourth-order valence-electron chi connectivity index (χ4n) is 2.60. The van der Waals surface area contributed by atoms with Crippen LogP contribution in [0.2, 0.25) is 0 Å². The minimum absolute atomic E-state index is 0.680. The monoisotopic (exact) mass is 252 g/mol. The van der Waals surface area contributed by atoms with Crippen molar-refractivity contribution in [2.75, 3.05) is 26.9 Å². The van der Waals surface area contributed by atoms with E-state index in [0.29, 0.717) is 13.2 Å². The second-order valence-electron chi connectivity index (χ2n) is 4.87. The summed E-state index contributed by atoms with van der Waals surface area (Å²) in [5.41, 5.74) is 2.80. The van der Waals surface area contributed by atoms with Gasteiger partial charge in [0.2, 0.25) is 0 Å². The SMILES string of the molecule is COCCOCCCn1c(C)nc2c1CCCC2. The van der Waals surface area contributed by atoms with Crippen LogP contribution in [0, 0.1) is 6.92 Å². The number of methoxy groups -OCH3 is 1. The van der Waals surface area contributed by atoms with Crippen LogP contribution in [0.25, 0.3) is 0 Å². The molecule has 0 radical (unpaired) electrons. The zero-order valence-corrected chi connectivity index (χ0v) is 11.6. The molecule has 0 atom stereocenters. The standard InChI is InChI=1S/C14H24N2O2/c1-12-15-13-6-3-4-7-14(13)16(12)8-5-9-18-11-10-17-2/h3-11H2,1-2H3. The fraction of sp³-hybridized carbons (Fsp3) is 0.786. The molecule has 0 bridgehead atoms. The van der Waals surface area contributed by atoms with Gasteiger partial charge in [-0.3, -0.25) is 0 Å². The molecule has 1 aliphatic carbocycles. The Morgan fingerprint density at radius 1 is 1.17 bits per heavy atom. The van der Waals surface area contributed by atoms with Gasteiger partial charge >= 0.3 is 0 Å². The maximum atomic E-state index is 5.50. The first-order chi connectivity index (χ1) is 8.83. The van der Waals surface area contributed by atoms with Crippen molar-refractivity contribution < 1.29 is 9.47 Å². The zero-order chi connectivity index (χ0) is 12.8. The molecule has 1 aliphatic rings. The summed E-state index contributed by atoms with van der Waals surface area (Å²) in [7, 11) is 1.70. The Morgan fingerprint density at radius 3 is 2.83 bits per heavy atom. The van der Waals surface area contributed by atoms with E-state index >= 15 is 0 Å². The van der Waals surface area contributed by atoms with Crippen LogP contribution in [0.1, 0.15) is 36.5 Å². The number of aryl methyl sites for hydroxylation is 2. The molecule has 0 saturated heterocycles. The highest BCUT2D eigenvalue weighted by Gasteiger charge is 2.17.